The highest BCUT2D eigenvalue weighted by Crippen LogP contribution is 2.22. The van der Waals surface area contributed by atoms with Gasteiger partial charge in [0.05, 0.1) is 5.56 Å². The molecule has 0 aliphatic carbocycles. The number of nitrogens with two attached hydrogens (primary N) is 11. The molecule has 31 nitrogen and oxygen atoms in total. The second-order valence-electron chi connectivity index (χ2n) is 13.3. The summed E-state index contributed by atoms with van der Waals surface area (Å²) in [7, 11) is 0. The molecule has 8 amide bonds. The van der Waals surface area contributed by atoms with Crippen LogP contribution in [0.3, 0.4) is 0 Å². The number of carbonyl (C=O) groups excluding carboxylic acids is 8. The van der Waals surface area contributed by atoms with E-state index in [0.717, 1.165) is 5.39 Å². The van der Waals surface area contributed by atoms with Crippen LogP contribution in [-0.2, 0) is 33.6 Å². The van der Waals surface area contributed by atoms with Crippen LogP contribution >= 0.6 is 0 Å². The van der Waals surface area contributed by atoms with E-state index in [1.807, 2.05) is 21.3 Å². The standard InChI is InChI=1S/C35H48N22O9/c36-16-11-14-9-5-4-8-13(14)10-15(16)24(59)57-31(66)30(65)47-17(12-6-2-1-3-7-12)25(60)49-21(54-33(41)42)27(62)51-23(56-35(45)46)29(64)52-22(55-34(43)44)28(63)50-20(53-32(39)40)26(61)48-18(37)19(38)58/h1-11,17-18,20-23,31,66H,36-37H2,(H2,38,58)(H,47,65)(H,48,61)(H,49,60)(H,50,63)(H,51,62)(H,52,64)(H,57,59)(H4,39,40,53)(H4,41,42,54)(H4,43,44,55)(H4,45,46,56). The minimum absolute atomic E-state index is 0.0345. The number of benzene rings is 3. The number of carbonyl (C=O) groups is 8. The van der Waals surface area contributed by atoms with Crippen LogP contribution in [0.2, 0.25) is 0 Å². The second-order valence-corrected chi connectivity index (χ2v) is 13.3. The topological polar surface area (TPSA) is 577 Å². The van der Waals surface area contributed by atoms with Crippen LogP contribution in [0, 0.1) is 0 Å². The highest BCUT2D eigenvalue weighted by molar-refractivity contribution is 6.05. The molecule has 0 saturated carbocycles. The third kappa shape index (κ3) is 15.1. The summed E-state index contributed by atoms with van der Waals surface area (Å²) in [4.78, 5) is 119. The summed E-state index contributed by atoms with van der Waals surface area (Å²) in [5.74, 6) is -13.4. The van der Waals surface area contributed by atoms with Gasteiger partial charge in [-0.05, 0) is 28.5 Å². The molecule has 7 atom stereocenters. The van der Waals surface area contributed by atoms with Crippen LogP contribution in [-0.4, -0.2) is 113 Å². The van der Waals surface area contributed by atoms with Crippen molar-refractivity contribution >= 4 is 87.6 Å². The van der Waals surface area contributed by atoms with E-state index in [9.17, 15) is 43.5 Å². The molecule has 66 heavy (non-hydrogen) atoms. The first-order chi connectivity index (χ1) is 31.0. The number of hydrogen-bond acceptors (Lipinski definition) is 15. The lowest BCUT2D eigenvalue weighted by molar-refractivity contribution is -0.136. The van der Waals surface area contributed by atoms with Gasteiger partial charge in [0.25, 0.3) is 41.4 Å². The van der Waals surface area contributed by atoms with E-state index in [4.69, 9.17) is 63.1 Å². The van der Waals surface area contributed by atoms with Crippen molar-refractivity contribution in [3.05, 3.63) is 77.9 Å². The van der Waals surface area contributed by atoms with Gasteiger partial charge in [-0.3, -0.25) is 38.4 Å². The van der Waals surface area contributed by atoms with E-state index in [-0.39, 0.29) is 16.8 Å². The molecule has 3 rings (SSSR count). The Balaban J connectivity index is 1.86. The Labute approximate surface area is 371 Å². The number of primary amides is 1. The molecule has 30 N–H and O–H groups in total. The first kappa shape index (κ1) is 50.8. The molecule has 0 radical (unpaired) electrons. The molecular weight excluding hydrogens is 873 g/mol. The summed E-state index contributed by atoms with van der Waals surface area (Å²) in [6, 6.07) is 15.5. The van der Waals surface area contributed by atoms with E-state index in [1.54, 1.807) is 30.3 Å². The number of aliphatic hydroxyl groups excluding tert-OH is 1. The van der Waals surface area contributed by atoms with Crippen LogP contribution < -0.4 is 100 Å². The number of nitrogens with zero attached hydrogens (tertiary/aromatic N) is 4. The fourth-order valence-corrected chi connectivity index (χ4v) is 5.27. The third-order valence-electron chi connectivity index (χ3n) is 8.19. The Hall–Kier alpha value is -9.52. The number of amides is 8. The van der Waals surface area contributed by atoms with Gasteiger partial charge in [0.1, 0.15) is 6.04 Å². The summed E-state index contributed by atoms with van der Waals surface area (Å²) in [6.07, 6.45) is -12.6. The summed E-state index contributed by atoms with van der Waals surface area (Å²) >= 11 is 0. The number of nitrogens with one attached hydrogen (secondary N) is 7. The van der Waals surface area contributed by atoms with Crippen molar-refractivity contribution in [3.63, 3.8) is 0 Å². The summed E-state index contributed by atoms with van der Waals surface area (Å²) < 4.78 is 0. The maximum absolute atomic E-state index is 13.9. The van der Waals surface area contributed by atoms with Gasteiger partial charge in [0.2, 0.25) is 36.8 Å². The van der Waals surface area contributed by atoms with E-state index in [0.29, 0.717) is 5.39 Å². The first-order valence-electron chi connectivity index (χ1n) is 18.5. The predicted octanol–water partition coefficient (Wildman–Crippen LogP) is -9.92. The number of guanidine groups is 4. The molecule has 0 saturated heterocycles. The third-order valence-corrected chi connectivity index (χ3v) is 8.19. The number of nitrogen functional groups attached to an aromatic ring is 1. The average molecular weight is 921 g/mol. The van der Waals surface area contributed by atoms with Gasteiger partial charge in [-0.25, -0.2) is 20.0 Å². The van der Waals surface area contributed by atoms with E-state index in [1.165, 1.54) is 36.4 Å². The van der Waals surface area contributed by atoms with E-state index in [2.05, 4.69) is 35.9 Å². The molecule has 0 aromatic heterocycles. The van der Waals surface area contributed by atoms with Crippen molar-refractivity contribution in [1.82, 2.24) is 37.2 Å². The summed E-state index contributed by atoms with van der Waals surface area (Å²) in [5.41, 5.74) is 60.1. The zero-order valence-corrected chi connectivity index (χ0v) is 34.2. The SMILES string of the molecule is NC(=O)C(N)NC(=O)C(N=C(N)N)NC(=O)C(N=C(N)N)NC(=O)C(N=C(N)N)NC(=O)C(N=C(N)N)NC(=O)C(NC(=O)C(O)NC(=O)c1cc2ccccc2cc1N)c1ccccc1. The number of aliphatic hydroxyl groups is 1. The molecule has 352 valence electrons. The fourth-order valence-electron chi connectivity index (χ4n) is 5.27. The van der Waals surface area contributed by atoms with Gasteiger partial charge in [0, 0.05) is 5.69 Å². The molecular formula is C35H48N22O9. The van der Waals surface area contributed by atoms with Crippen molar-refractivity contribution in [2.24, 2.45) is 77.3 Å². The molecule has 0 bridgehead atoms. The molecule has 0 heterocycles. The number of fused-ring (bicyclic) bond motifs is 1. The highest BCUT2D eigenvalue weighted by atomic mass is 16.3. The molecule has 0 aliphatic rings. The maximum Gasteiger partial charge on any atom is 0.270 e. The van der Waals surface area contributed by atoms with Gasteiger partial charge in [-0.15, -0.1) is 0 Å². The zero-order chi connectivity index (χ0) is 49.4. The molecule has 3 aromatic carbocycles. The first-order valence-corrected chi connectivity index (χ1v) is 18.5. The minimum atomic E-state index is -2.27. The van der Waals surface area contributed by atoms with E-state index >= 15 is 0 Å². The van der Waals surface area contributed by atoms with Crippen LogP contribution in [0.1, 0.15) is 22.0 Å². The average Bonchev–Trinajstić information content (AvgIpc) is 3.23. The Bertz CT molecular complexity index is 2450. The number of hydrogen-bond donors (Lipinski definition) is 19. The fraction of sp³-hybridized carbons (Fsp3) is 0.200. The van der Waals surface area contributed by atoms with Crippen LogP contribution in [0.15, 0.2) is 86.7 Å². The van der Waals surface area contributed by atoms with Crippen LogP contribution in [0.4, 0.5) is 5.69 Å². The molecule has 3 aromatic rings. The van der Waals surface area contributed by atoms with Gasteiger partial charge in [-0.2, -0.15) is 0 Å². The lowest BCUT2D eigenvalue weighted by Crippen LogP contribution is -2.60. The van der Waals surface area contributed by atoms with Crippen molar-refractivity contribution < 1.29 is 43.5 Å². The highest BCUT2D eigenvalue weighted by Gasteiger charge is 2.34. The number of aliphatic imine (C=N–C) groups is 4. The van der Waals surface area contributed by atoms with Gasteiger partial charge < -0.3 is 105 Å². The molecule has 31 heteroatoms. The largest absolute Gasteiger partial charge is 0.398 e. The Morgan fingerprint density at radius 3 is 1.26 bits per heavy atom. The zero-order valence-electron chi connectivity index (χ0n) is 34.2. The molecule has 0 spiro atoms. The Morgan fingerprint density at radius 1 is 0.470 bits per heavy atom. The maximum atomic E-state index is 13.9. The quantitative estimate of drug-likeness (QED) is 0.0216. The predicted molar refractivity (Wildman–Crippen MR) is 235 cm³/mol. The molecule has 0 fully saturated rings. The second kappa shape index (κ2) is 23.1. The summed E-state index contributed by atoms with van der Waals surface area (Å²) in [6.45, 7) is 0. The number of anilines is 1. The monoisotopic (exact) mass is 920 g/mol. The smallest absolute Gasteiger partial charge is 0.270 e. The lowest BCUT2D eigenvalue weighted by Gasteiger charge is -2.24. The normalized spacial score (nSPS) is 13.7. The summed E-state index contributed by atoms with van der Waals surface area (Å²) in [5, 5.41) is 26.5. The molecule has 0 aliphatic heterocycles. The van der Waals surface area contributed by atoms with Gasteiger partial charge in [0.15, 0.2) is 30.0 Å². The van der Waals surface area contributed by atoms with Crippen LogP contribution in [0.5, 0.6) is 0 Å². The van der Waals surface area contributed by atoms with Crippen LogP contribution in [0.25, 0.3) is 10.8 Å². The van der Waals surface area contributed by atoms with Crippen molar-refractivity contribution in [2.75, 3.05) is 5.73 Å². The lowest BCUT2D eigenvalue weighted by atomic mass is 10.0. The Kier molecular flexibility index (Phi) is 17.8. The Morgan fingerprint density at radius 2 is 0.848 bits per heavy atom. The molecule has 7 unspecified atom stereocenters. The number of rotatable bonds is 20. The van der Waals surface area contributed by atoms with Crippen molar-refractivity contribution in [2.45, 2.75) is 43.1 Å². The van der Waals surface area contributed by atoms with Crippen molar-refractivity contribution in [3.8, 4) is 0 Å². The van der Waals surface area contributed by atoms with Crippen molar-refractivity contribution in [1.29, 1.82) is 0 Å². The van der Waals surface area contributed by atoms with Gasteiger partial charge >= 0.3 is 0 Å². The minimum Gasteiger partial charge on any atom is -0.398 e. The van der Waals surface area contributed by atoms with Gasteiger partial charge in [-0.1, -0.05) is 54.6 Å². The van der Waals surface area contributed by atoms with E-state index < -0.39 is 114 Å².